The average Bonchev–Trinajstić information content (AvgIpc) is 2.62. The summed E-state index contributed by atoms with van der Waals surface area (Å²) in [5.74, 6) is 0. The molecule has 3 aliphatic rings. The van der Waals surface area contributed by atoms with Crippen LogP contribution in [0, 0.1) is 0 Å². The summed E-state index contributed by atoms with van der Waals surface area (Å²) in [7, 11) is -1.09. The molecule has 3 rings (SSSR count). The molecule has 0 amide bonds. The topological polar surface area (TPSA) is 0 Å². The van der Waals surface area contributed by atoms with Gasteiger partial charge in [-0.15, -0.1) is 0 Å². The van der Waals surface area contributed by atoms with Crippen molar-refractivity contribution in [2.45, 2.75) is 127 Å². The van der Waals surface area contributed by atoms with Crippen LogP contribution >= 0.6 is 7.26 Å². The van der Waals surface area contributed by atoms with E-state index in [0.29, 0.717) is 0 Å². The van der Waals surface area contributed by atoms with Gasteiger partial charge < -0.3 is 0 Å². The summed E-state index contributed by atoms with van der Waals surface area (Å²) in [6.45, 7) is 2.51. The third kappa shape index (κ3) is 3.58. The molecule has 0 spiro atoms. The minimum atomic E-state index is -1.09. The molecule has 130 valence electrons. The van der Waals surface area contributed by atoms with Gasteiger partial charge in [0.2, 0.25) is 0 Å². The predicted molar refractivity (Wildman–Crippen MR) is 104 cm³/mol. The molecule has 3 aliphatic carbocycles. The molecule has 0 nitrogen and oxygen atoms in total. The molecule has 22 heavy (non-hydrogen) atoms. The van der Waals surface area contributed by atoms with Crippen LogP contribution in [0.15, 0.2) is 0 Å². The summed E-state index contributed by atoms with van der Waals surface area (Å²) in [4.78, 5) is 0. The van der Waals surface area contributed by atoms with Crippen molar-refractivity contribution in [1.29, 1.82) is 0 Å². The van der Waals surface area contributed by atoms with Gasteiger partial charge in [-0.25, -0.2) is 0 Å². The van der Waals surface area contributed by atoms with Crippen molar-refractivity contribution in [3.63, 3.8) is 0 Å². The van der Waals surface area contributed by atoms with Crippen molar-refractivity contribution in [1.82, 2.24) is 0 Å². The molecule has 3 saturated carbocycles. The Kier molecular flexibility index (Phi) is 6.67. The Morgan fingerprint density at radius 3 is 1.14 bits per heavy atom. The standard InChI is InChI=1S/C21H41P/c1-2-18-22(19-12-6-3-7-13-19,20-14-8-4-9-15-20)21-16-10-5-11-17-21/h19-22H,2-18H2,1H3. The molecule has 1 heteroatoms. The van der Waals surface area contributed by atoms with Crippen molar-refractivity contribution < 1.29 is 0 Å². The van der Waals surface area contributed by atoms with Crippen LogP contribution in [0.2, 0.25) is 0 Å². The third-order valence-electron chi connectivity index (χ3n) is 7.78. The second-order valence-corrected chi connectivity index (χ2v) is 14.0. The zero-order chi connectivity index (χ0) is 15.3. The molecular formula is C21H41P. The first-order valence-electron chi connectivity index (χ1n) is 10.9. The van der Waals surface area contributed by atoms with E-state index in [1.165, 1.54) is 23.4 Å². The molecule has 0 aromatic heterocycles. The van der Waals surface area contributed by atoms with E-state index in [2.05, 4.69) is 6.92 Å². The van der Waals surface area contributed by atoms with E-state index in [1.807, 2.05) is 0 Å². The zero-order valence-corrected chi connectivity index (χ0v) is 16.3. The predicted octanol–water partition coefficient (Wildman–Crippen LogP) is 7.14. The summed E-state index contributed by atoms with van der Waals surface area (Å²) in [5.41, 5.74) is 3.69. The van der Waals surface area contributed by atoms with Gasteiger partial charge in [0.05, 0.1) is 0 Å². The summed E-state index contributed by atoms with van der Waals surface area (Å²) < 4.78 is 0. The second kappa shape index (κ2) is 8.50. The van der Waals surface area contributed by atoms with Gasteiger partial charge in [-0.3, -0.25) is 0 Å². The van der Waals surface area contributed by atoms with E-state index in [0.717, 1.165) is 0 Å². The molecule has 0 N–H and O–H groups in total. The molecule has 0 saturated heterocycles. The number of rotatable bonds is 5. The van der Waals surface area contributed by atoms with Crippen molar-refractivity contribution >= 4 is 7.26 Å². The van der Waals surface area contributed by atoms with Crippen molar-refractivity contribution in [2.24, 2.45) is 0 Å². The van der Waals surface area contributed by atoms with E-state index >= 15 is 0 Å². The first-order chi connectivity index (χ1) is 10.9. The van der Waals surface area contributed by atoms with Crippen molar-refractivity contribution in [2.75, 3.05) is 6.16 Å². The summed E-state index contributed by atoms with van der Waals surface area (Å²) in [6.07, 6.45) is 27.1. The molecule has 0 atom stereocenters. The Morgan fingerprint density at radius 2 is 0.864 bits per heavy atom. The summed E-state index contributed by atoms with van der Waals surface area (Å²) in [5, 5.41) is 0. The molecule has 0 unspecified atom stereocenters. The van der Waals surface area contributed by atoms with Crippen LogP contribution in [0.25, 0.3) is 0 Å². The molecule has 0 aromatic carbocycles. The molecule has 0 aromatic rings. The van der Waals surface area contributed by atoms with Crippen LogP contribution in [-0.2, 0) is 0 Å². The van der Waals surface area contributed by atoms with Crippen LogP contribution in [0.1, 0.15) is 110 Å². The quantitative estimate of drug-likeness (QED) is 0.471. The maximum absolute atomic E-state index is 2.51. The Balaban J connectivity index is 1.88. The molecule has 0 aliphatic heterocycles. The second-order valence-electron chi connectivity index (χ2n) is 8.87. The number of hydrogen-bond donors (Lipinski definition) is 0. The fourth-order valence-electron chi connectivity index (χ4n) is 6.97. The fraction of sp³-hybridized carbons (Fsp3) is 1.00. The van der Waals surface area contributed by atoms with E-state index < -0.39 is 7.26 Å². The van der Waals surface area contributed by atoms with Gasteiger partial charge in [0.15, 0.2) is 0 Å². The van der Waals surface area contributed by atoms with Gasteiger partial charge in [-0.05, 0) is 0 Å². The molecule has 0 heterocycles. The summed E-state index contributed by atoms with van der Waals surface area (Å²) >= 11 is 0. The Bertz CT molecular complexity index is 260. The fourth-order valence-corrected chi connectivity index (χ4v) is 15.5. The molecule has 3 fully saturated rings. The minimum absolute atomic E-state index is 1.09. The van der Waals surface area contributed by atoms with Crippen LogP contribution in [-0.4, -0.2) is 23.1 Å². The normalized spacial score (nSPS) is 27.9. The van der Waals surface area contributed by atoms with Crippen LogP contribution in [0.4, 0.5) is 0 Å². The Morgan fingerprint density at radius 1 is 0.545 bits per heavy atom. The van der Waals surface area contributed by atoms with Gasteiger partial charge in [0.1, 0.15) is 0 Å². The Hall–Kier alpha value is 0.430. The van der Waals surface area contributed by atoms with Crippen molar-refractivity contribution in [3.05, 3.63) is 0 Å². The first kappa shape index (κ1) is 17.3. The van der Waals surface area contributed by atoms with Crippen molar-refractivity contribution in [3.8, 4) is 0 Å². The maximum atomic E-state index is 2.51. The average molecular weight is 325 g/mol. The van der Waals surface area contributed by atoms with E-state index in [1.54, 1.807) is 102 Å². The molecule has 0 radical (unpaired) electrons. The van der Waals surface area contributed by atoms with Crippen LogP contribution < -0.4 is 0 Å². The van der Waals surface area contributed by atoms with E-state index in [-0.39, 0.29) is 0 Å². The first-order valence-corrected chi connectivity index (χ1v) is 13.3. The Labute approximate surface area is 140 Å². The van der Waals surface area contributed by atoms with Gasteiger partial charge in [-0.2, -0.15) is 0 Å². The SMILES string of the molecule is CCC[PH](C1CCCCC1)(C1CCCCC1)C1CCCCC1. The zero-order valence-electron chi connectivity index (χ0n) is 15.3. The van der Waals surface area contributed by atoms with Gasteiger partial charge in [0, 0.05) is 0 Å². The van der Waals surface area contributed by atoms with Crippen LogP contribution in [0.5, 0.6) is 0 Å². The summed E-state index contributed by atoms with van der Waals surface area (Å²) in [6, 6.07) is 0. The van der Waals surface area contributed by atoms with Gasteiger partial charge >= 0.3 is 140 Å². The van der Waals surface area contributed by atoms with Gasteiger partial charge in [-0.1, -0.05) is 0 Å². The van der Waals surface area contributed by atoms with Crippen LogP contribution in [0.3, 0.4) is 0 Å². The van der Waals surface area contributed by atoms with Gasteiger partial charge in [0.25, 0.3) is 0 Å². The molecule has 0 bridgehead atoms. The third-order valence-corrected chi connectivity index (χ3v) is 15.4. The molecular weight excluding hydrogens is 283 g/mol. The van der Waals surface area contributed by atoms with E-state index in [4.69, 9.17) is 0 Å². The van der Waals surface area contributed by atoms with E-state index in [9.17, 15) is 0 Å². The monoisotopic (exact) mass is 324 g/mol. The number of hydrogen-bond acceptors (Lipinski definition) is 0.